The largest absolute Gasteiger partial charge is 0.378 e. The molecule has 1 aromatic carbocycles. The zero-order valence-electron chi connectivity index (χ0n) is 8.73. The number of fused-ring (bicyclic) bond motifs is 1. The van der Waals surface area contributed by atoms with Crippen LogP contribution in [-0.4, -0.2) is 10.2 Å². The van der Waals surface area contributed by atoms with E-state index in [4.69, 9.17) is 11.1 Å². The summed E-state index contributed by atoms with van der Waals surface area (Å²) in [6, 6.07) is 9.83. The van der Waals surface area contributed by atoms with Gasteiger partial charge in [-0.1, -0.05) is 30.0 Å². The molecule has 0 aliphatic carbocycles. The highest BCUT2D eigenvalue weighted by Crippen LogP contribution is 2.27. The number of amidine groups is 1. The van der Waals surface area contributed by atoms with Gasteiger partial charge in [0.1, 0.15) is 0 Å². The number of thioether (sulfide) groups is 1. The van der Waals surface area contributed by atoms with Crippen molar-refractivity contribution in [1.29, 1.82) is 5.41 Å². The van der Waals surface area contributed by atoms with E-state index in [1.165, 1.54) is 11.8 Å². The molecule has 0 bridgehead atoms. The molecule has 3 nitrogen and oxygen atoms in total. The van der Waals surface area contributed by atoms with Crippen LogP contribution < -0.4 is 5.73 Å². The average molecular weight is 254 g/mol. The smallest absolute Gasteiger partial charge is 0.155 e. The Balaban J connectivity index is 0.00000128. The van der Waals surface area contributed by atoms with Crippen molar-refractivity contribution in [2.24, 2.45) is 5.73 Å². The molecular weight excluding hydrogens is 242 g/mol. The second kappa shape index (κ2) is 5.18. The van der Waals surface area contributed by atoms with Gasteiger partial charge in [-0.2, -0.15) is 0 Å². The number of hydrogen-bond acceptors (Lipinski definition) is 3. The molecule has 2 rings (SSSR count). The normalized spacial score (nSPS) is 9.81. The summed E-state index contributed by atoms with van der Waals surface area (Å²) >= 11 is 1.26. The zero-order valence-corrected chi connectivity index (χ0v) is 10.4. The lowest BCUT2D eigenvalue weighted by Crippen LogP contribution is -2.03. The number of aryl methyl sites for hydroxylation is 1. The minimum absolute atomic E-state index is 0. The number of nitrogens with two attached hydrogens (primary N) is 1. The van der Waals surface area contributed by atoms with Crippen LogP contribution in [0.2, 0.25) is 0 Å². The van der Waals surface area contributed by atoms with Crippen LogP contribution in [0.25, 0.3) is 10.9 Å². The predicted octanol–water partition coefficient (Wildman–Crippen LogP) is 2.95. The maximum absolute atomic E-state index is 7.30. The number of para-hydroxylation sites is 1. The van der Waals surface area contributed by atoms with Crippen LogP contribution in [0.5, 0.6) is 0 Å². The second-order valence-electron chi connectivity index (χ2n) is 3.25. The molecule has 0 saturated heterocycles. The molecule has 0 radical (unpaired) electrons. The summed E-state index contributed by atoms with van der Waals surface area (Å²) in [6.07, 6.45) is 0. The molecule has 84 valence electrons. The van der Waals surface area contributed by atoms with Gasteiger partial charge in [-0.25, -0.2) is 0 Å². The first-order valence-electron chi connectivity index (χ1n) is 4.55. The Morgan fingerprint density at radius 3 is 2.75 bits per heavy atom. The van der Waals surface area contributed by atoms with Crippen molar-refractivity contribution in [2.75, 3.05) is 0 Å². The van der Waals surface area contributed by atoms with Crippen LogP contribution in [-0.2, 0) is 0 Å². The van der Waals surface area contributed by atoms with Crippen molar-refractivity contribution in [3.8, 4) is 0 Å². The Kier molecular flexibility index (Phi) is 4.15. The topological polar surface area (TPSA) is 62.8 Å². The standard InChI is InChI=1S/C11H11N3S.ClH/c1-7-6-10(15-11(12)13)8-4-2-3-5-9(8)14-7;/h2-6H,1H3,(H3,12,13);1H. The molecular formula is C11H12ClN3S. The highest BCUT2D eigenvalue weighted by molar-refractivity contribution is 8.13. The quantitative estimate of drug-likeness (QED) is 0.467. The number of benzene rings is 1. The molecule has 3 N–H and O–H groups in total. The van der Waals surface area contributed by atoms with E-state index in [1.54, 1.807) is 0 Å². The summed E-state index contributed by atoms with van der Waals surface area (Å²) in [5.74, 6) is 0. The van der Waals surface area contributed by atoms with Gasteiger partial charge in [0.2, 0.25) is 0 Å². The minimum atomic E-state index is 0. The van der Waals surface area contributed by atoms with Gasteiger partial charge in [0.05, 0.1) is 5.52 Å². The number of aromatic nitrogens is 1. The molecule has 16 heavy (non-hydrogen) atoms. The third kappa shape index (κ3) is 2.65. The molecule has 0 unspecified atom stereocenters. The Morgan fingerprint density at radius 1 is 1.38 bits per heavy atom. The fraction of sp³-hybridized carbons (Fsp3) is 0.0909. The van der Waals surface area contributed by atoms with Crippen molar-refractivity contribution < 1.29 is 0 Å². The maximum atomic E-state index is 7.30. The first-order valence-corrected chi connectivity index (χ1v) is 5.37. The SMILES string of the molecule is Cc1cc(SC(=N)N)c2ccccc2n1.Cl. The summed E-state index contributed by atoms with van der Waals surface area (Å²) in [6.45, 7) is 1.94. The average Bonchev–Trinajstić information content (AvgIpc) is 2.16. The molecule has 2 aromatic rings. The fourth-order valence-corrected chi connectivity index (χ4v) is 2.22. The van der Waals surface area contributed by atoms with Gasteiger partial charge >= 0.3 is 0 Å². The summed E-state index contributed by atoms with van der Waals surface area (Å²) in [4.78, 5) is 5.41. The maximum Gasteiger partial charge on any atom is 0.155 e. The Morgan fingerprint density at radius 2 is 2.06 bits per heavy atom. The van der Waals surface area contributed by atoms with Gasteiger partial charge in [0.25, 0.3) is 0 Å². The van der Waals surface area contributed by atoms with Gasteiger partial charge in [-0.05, 0) is 19.1 Å². The molecule has 0 amide bonds. The van der Waals surface area contributed by atoms with E-state index in [2.05, 4.69) is 4.98 Å². The summed E-state index contributed by atoms with van der Waals surface area (Å²) in [5.41, 5.74) is 7.28. The van der Waals surface area contributed by atoms with Crippen molar-refractivity contribution in [3.05, 3.63) is 36.0 Å². The highest BCUT2D eigenvalue weighted by Gasteiger charge is 2.04. The summed E-state index contributed by atoms with van der Waals surface area (Å²) in [5, 5.41) is 8.45. The van der Waals surface area contributed by atoms with Crippen molar-refractivity contribution in [2.45, 2.75) is 11.8 Å². The van der Waals surface area contributed by atoms with E-state index < -0.39 is 0 Å². The van der Waals surface area contributed by atoms with E-state index in [-0.39, 0.29) is 17.6 Å². The second-order valence-corrected chi connectivity index (χ2v) is 4.33. The molecule has 0 atom stereocenters. The number of nitrogens with one attached hydrogen (secondary N) is 1. The van der Waals surface area contributed by atoms with Gasteiger partial charge in [0.15, 0.2) is 5.17 Å². The van der Waals surface area contributed by atoms with Crippen LogP contribution >= 0.6 is 24.2 Å². The lowest BCUT2D eigenvalue weighted by molar-refractivity contribution is 1.22. The Hall–Kier alpha value is -1.26. The molecule has 0 aliphatic rings. The van der Waals surface area contributed by atoms with Gasteiger partial charge in [-0.3, -0.25) is 10.4 Å². The first-order chi connectivity index (χ1) is 7.16. The molecule has 5 heteroatoms. The van der Waals surface area contributed by atoms with E-state index in [0.717, 1.165) is 21.5 Å². The first kappa shape index (κ1) is 12.8. The monoisotopic (exact) mass is 253 g/mol. The third-order valence-electron chi connectivity index (χ3n) is 2.03. The predicted molar refractivity (Wildman–Crippen MR) is 71.5 cm³/mol. The van der Waals surface area contributed by atoms with Gasteiger partial charge in [0, 0.05) is 16.0 Å². The molecule has 1 heterocycles. The van der Waals surface area contributed by atoms with Crippen molar-refractivity contribution in [1.82, 2.24) is 4.98 Å². The van der Waals surface area contributed by atoms with Crippen molar-refractivity contribution >= 4 is 40.2 Å². The van der Waals surface area contributed by atoms with E-state index in [1.807, 2.05) is 37.3 Å². The Bertz CT molecular complexity index is 528. The number of halogens is 1. The van der Waals surface area contributed by atoms with Crippen LogP contribution in [0, 0.1) is 12.3 Å². The van der Waals surface area contributed by atoms with E-state index >= 15 is 0 Å². The number of pyridine rings is 1. The van der Waals surface area contributed by atoms with Gasteiger partial charge in [-0.15, -0.1) is 12.4 Å². The van der Waals surface area contributed by atoms with E-state index in [9.17, 15) is 0 Å². The fourth-order valence-electron chi connectivity index (χ4n) is 1.47. The number of nitrogens with zero attached hydrogens (tertiary/aromatic N) is 1. The van der Waals surface area contributed by atoms with E-state index in [0.29, 0.717) is 0 Å². The summed E-state index contributed by atoms with van der Waals surface area (Å²) in [7, 11) is 0. The zero-order chi connectivity index (χ0) is 10.8. The number of hydrogen-bond donors (Lipinski definition) is 2. The minimum Gasteiger partial charge on any atom is -0.378 e. The van der Waals surface area contributed by atoms with Crippen LogP contribution in [0.15, 0.2) is 35.2 Å². The van der Waals surface area contributed by atoms with Gasteiger partial charge < -0.3 is 5.73 Å². The lowest BCUT2D eigenvalue weighted by atomic mass is 10.2. The van der Waals surface area contributed by atoms with Crippen molar-refractivity contribution in [3.63, 3.8) is 0 Å². The lowest BCUT2D eigenvalue weighted by Gasteiger charge is -2.05. The van der Waals surface area contributed by atoms with Crippen LogP contribution in [0.4, 0.5) is 0 Å². The molecule has 0 aliphatic heterocycles. The molecule has 1 aromatic heterocycles. The number of rotatable bonds is 1. The highest BCUT2D eigenvalue weighted by atomic mass is 35.5. The van der Waals surface area contributed by atoms with Crippen LogP contribution in [0.1, 0.15) is 5.69 Å². The third-order valence-corrected chi connectivity index (χ3v) is 2.80. The molecule has 0 fully saturated rings. The molecule has 0 spiro atoms. The Labute approximate surface area is 104 Å². The van der Waals surface area contributed by atoms with Crippen LogP contribution in [0.3, 0.4) is 0 Å². The summed E-state index contributed by atoms with van der Waals surface area (Å²) < 4.78 is 0. The molecule has 0 saturated carbocycles.